The van der Waals surface area contributed by atoms with Gasteiger partial charge >= 0.3 is 0 Å². The molecule has 0 unspecified atom stereocenters. The van der Waals surface area contributed by atoms with Gasteiger partial charge < -0.3 is 10.6 Å². The lowest BCUT2D eigenvalue weighted by molar-refractivity contribution is -0.154. The molecule has 9 heteroatoms. The van der Waals surface area contributed by atoms with Crippen LogP contribution in [-0.2, 0) is 17.9 Å². The summed E-state index contributed by atoms with van der Waals surface area (Å²) in [6.07, 6.45) is -0.168. The van der Waals surface area contributed by atoms with Gasteiger partial charge in [0.2, 0.25) is 11.8 Å². The van der Waals surface area contributed by atoms with E-state index >= 15 is 0 Å². The van der Waals surface area contributed by atoms with E-state index in [1.807, 2.05) is 13.8 Å². The number of halogens is 3. The number of hydrogen-bond donors (Lipinski definition) is 1. The Balaban J connectivity index is 1.55. The number of benzene rings is 1. The molecule has 1 saturated carbocycles. The fraction of sp³-hybridized carbons (Fsp3) is 0.500. The number of nitrogens with zero attached hydrogens (tertiary/aromatic N) is 3. The third kappa shape index (κ3) is 4.18. The molecule has 0 spiro atoms. The molecule has 1 aliphatic carbocycles. The topological polar surface area (TPSA) is 81.2 Å². The summed E-state index contributed by atoms with van der Waals surface area (Å²) in [6.45, 7) is 4.78. The molecule has 4 rings (SSSR count). The van der Waals surface area contributed by atoms with Gasteiger partial charge in [0, 0.05) is 36.4 Å². The summed E-state index contributed by atoms with van der Waals surface area (Å²) in [4.78, 5) is 26.9. The monoisotopic (exact) mass is 450 g/mol. The minimum Gasteiger partial charge on any atom is -0.365 e. The Hall–Kier alpha value is -2.48. The molecule has 2 amide bonds. The molecule has 166 valence electrons. The van der Waals surface area contributed by atoms with Gasteiger partial charge in [-0.2, -0.15) is 5.10 Å². The predicted octanol–water partition coefficient (Wildman–Crippen LogP) is 4.11. The van der Waals surface area contributed by atoms with Crippen molar-refractivity contribution < 1.29 is 18.4 Å². The number of aromatic nitrogens is 2. The highest BCUT2D eigenvalue weighted by Crippen LogP contribution is 2.52. The zero-order chi connectivity index (χ0) is 22.6. The Labute approximate surface area is 184 Å². The summed E-state index contributed by atoms with van der Waals surface area (Å²) in [6, 6.07) is 7.00. The molecule has 1 aromatic carbocycles. The van der Waals surface area contributed by atoms with Gasteiger partial charge in [-0.1, -0.05) is 37.6 Å². The van der Waals surface area contributed by atoms with Crippen LogP contribution in [0, 0.1) is 11.3 Å². The molecule has 2 N–H and O–H groups in total. The Bertz CT molecular complexity index is 1040. The highest BCUT2D eigenvalue weighted by Gasteiger charge is 2.52. The maximum absolute atomic E-state index is 13.3. The molecule has 0 bridgehead atoms. The van der Waals surface area contributed by atoms with Gasteiger partial charge in [0.05, 0.1) is 24.3 Å². The number of alkyl halides is 2. The highest BCUT2D eigenvalue weighted by atomic mass is 35.5. The Morgan fingerprint density at radius 2 is 2.00 bits per heavy atom. The van der Waals surface area contributed by atoms with E-state index in [2.05, 4.69) is 5.10 Å². The zero-order valence-corrected chi connectivity index (χ0v) is 18.3. The van der Waals surface area contributed by atoms with Gasteiger partial charge in [-0.25, -0.2) is 8.78 Å². The highest BCUT2D eigenvalue weighted by molar-refractivity contribution is 6.30. The lowest BCUT2D eigenvalue weighted by Gasteiger charge is -2.45. The number of primary amides is 1. The van der Waals surface area contributed by atoms with E-state index in [4.69, 9.17) is 17.3 Å². The van der Waals surface area contributed by atoms with Crippen molar-refractivity contribution in [3.05, 3.63) is 40.5 Å². The van der Waals surface area contributed by atoms with Gasteiger partial charge in [-0.3, -0.25) is 14.3 Å². The lowest BCUT2D eigenvalue weighted by atomic mass is 9.64. The molecule has 2 aliphatic rings. The van der Waals surface area contributed by atoms with Gasteiger partial charge in [0.15, 0.2) is 0 Å². The van der Waals surface area contributed by atoms with E-state index < -0.39 is 17.2 Å². The minimum atomic E-state index is -2.62. The molecular formula is C22H25ClF2N4O2. The molecule has 31 heavy (non-hydrogen) atoms. The summed E-state index contributed by atoms with van der Waals surface area (Å²) in [7, 11) is 0. The van der Waals surface area contributed by atoms with Gasteiger partial charge in [0.1, 0.15) is 5.69 Å². The van der Waals surface area contributed by atoms with Gasteiger partial charge in [-0.05, 0) is 23.5 Å². The number of amides is 2. The van der Waals surface area contributed by atoms with Crippen LogP contribution in [0.2, 0.25) is 5.02 Å². The third-order valence-corrected chi connectivity index (χ3v) is 6.71. The fourth-order valence-electron chi connectivity index (χ4n) is 4.49. The van der Waals surface area contributed by atoms with Crippen LogP contribution >= 0.6 is 11.6 Å². The standard InChI is InChI=1S/C22H25ClF2N4O2/c1-21(2,14-9-22(24,25)10-14)11-17(30)28-6-7-29-16(12-28)18(20(26)31)19(27-29)13-4-3-5-15(23)8-13/h3-5,8,14H,6-7,9-12H2,1-2H3,(H2,26,31). The van der Waals surface area contributed by atoms with Crippen LogP contribution in [0.3, 0.4) is 0 Å². The van der Waals surface area contributed by atoms with E-state index in [0.29, 0.717) is 35.1 Å². The van der Waals surface area contributed by atoms with Crippen LogP contribution in [0.5, 0.6) is 0 Å². The van der Waals surface area contributed by atoms with Crippen molar-refractivity contribution in [2.75, 3.05) is 6.54 Å². The first-order valence-corrected chi connectivity index (χ1v) is 10.7. The van der Waals surface area contributed by atoms with Crippen molar-refractivity contribution in [1.29, 1.82) is 0 Å². The average molecular weight is 451 g/mol. The number of carbonyl (C=O) groups is 2. The van der Waals surface area contributed by atoms with Crippen LogP contribution in [0.15, 0.2) is 24.3 Å². The predicted molar refractivity (Wildman–Crippen MR) is 113 cm³/mol. The molecular weight excluding hydrogens is 426 g/mol. The second-order valence-electron chi connectivity index (χ2n) is 9.21. The molecule has 0 radical (unpaired) electrons. The summed E-state index contributed by atoms with van der Waals surface area (Å²) >= 11 is 6.09. The summed E-state index contributed by atoms with van der Waals surface area (Å²) in [5.74, 6) is -3.54. The maximum Gasteiger partial charge on any atom is 0.252 e. The zero-order valence-electron chi connectivity index (χ0n) is 17.5. The van der Waals surface area contributed by atoms with Crippen molar-refractivity contribution in [3.8, 4) is 11.3 Å². The summed E-state index contributed by atoms with van der Waals surface area (Å²) in [5.41, 5.74) is 7.12. The van der Waals surface area contributed by atoms with Crippen molar-refractivity contribution in [3.63, 3.8) is 0 Å². The normalized spacial score (nSPS) is 18.4. The van der Waals surface area contributed by atoms with Gasteiger partial charge in [0.25, 0.3) is 5.91 Å². The van der Waals surface area contributed by atoms with E-state index in [-0.39, 0.29) is 43.2 Å². The number of carbonyl (C=O) groups excluding carboxylic acids is 2. The smallest absolute Gasteiger partial charge is 0.252 e. The fourth-order valence-corrected chi connectivity index (χ4v) is 4.68. The molecule has 1 aliphatic heterocycles. The lowest BCUT2D eigenvalue weighted by Crippen LogP contribution is -2.47. The van der Waals surface area contributed by atoms with Crippen LogP contribution in [0.4, 0.5) is 8.78 Å². The number of nitrogens with two attached hydrogens (primary N) is 1. The van der Waals surface area contributed by atoms with Crippen LogP contribution in [-0.4, -0.2) is 39.0 Å². The van der Waals surface area contributed by atoms with E-state index in [9.17, 15) is 18.4 Å². The summed E-state index contributed by atoms with van der Waals surface area (Å²) in [5, 5.41) is 5.07. The molecule has 1 aromatic heterocycles. The molecule has 2 aromatic rings. The van der Waals surface area contributed by atoms with E-state index in [1.54, 1.807) is 33.8 Å². The Morgan fingerprint density at radius 3 is 2.61 bits per heavy atom. The van der Waals surface area contributed by atoms with Crippen LogP contribution in [0.1, 0.15) is 49.2 Å². The van der Waals surface area contributed by atoms with E-state index in [1.165, 1.54) is 0 Å². The molecule has 0 atom stereocenters. The van der Waals surface area contributed by atoms with Crippen molar-refractivity contribution >= 4 is 23.4 Å². The van der Waals surface area contributed by atoms with Crippen LogP contribution in [0.25, 0.3) is 11.3 Å². The Morgan fingerprint density at radius 1 is 1.29 bits per heavy atom. The number of hydrogen-bond acceptors (Lipinski definition) is 3. The molecule has 0 saturated heterocycles. The second kappa shape index (κ2) is 7.58. The van der Waals surface area contributed by atoms with Gasteiger partial charge in [-0.15, -0.1) is 0 Å². The molecule has 6 nitrogen and oxygen atoms in total. The Kier molecular flexibility index (Phi) is 5.32. The quantitative estimate of drug-likeness (QED) is 0.744. The number of fused-ring (bicyclic) bond motifs is 1. The third-order valence-electron chi connectivity index (χ3n) is 6.48. The van der Waals surface area contributed by atoms with Crippen molar-refractivity contribution in [2.24, 2.45) is 17.1 Å². The van der Waals surface area contributed by atoms with Crippen molar-refractivity contribution in [1.82, 2.24) is 14.7 Å². The first-order valence-electron chi connectivity index (χ1n) is 10.3. The maximum atomic E-state index is 13.3. The average Bonchev–Trinajstić information content (AvgIpc) is 3.04. The van der Waals surface area contributed by atoms with Crippen molar-refractivity contribution in [2.45, 2.75) is 52.1 Å². The SMILES string of the molecule is CC(C)(CC(=O)N1CCn2nc(-c3cccc(Cl)c3)c(C(N)=O)c2C1)C1CC(F)(F)C1. The first kappa shape index (κ1) is 21.7. The first-order chi connectivity index (χ1) is 14.5. The largest absolute Gasteiger partial charge is 0.365 e. The van der Waals surface area contributed by atoms with Crippen LogP contribution < -0.4 is 5.73 Å². The second-order valence-corrected chi connectivity index (χ2v) is 9.65. The molecule has 2 heterocycles. The minimum absolute atomic E-state index is 0.118. The number of rotatable bonds is 5. The van der Waals surface area contributed by atoms with E-state index in [0.717, 1.165) is 0 Å². The molecule has 1 fully saturated rings. The summed E-state index contributed by atoms with van der Waals surface area (Å²) < 4.78 is 28.3.